The Hall–Kier alpha value is -1.46. The average Bonchev–Trinajstić information content (AvgIpc) is 2.63. The fraction of sp³-hybridized carbons (Fsp3) is 0.625. The molecular weight excluding hydrogens is 268 g/mol. The number of hydrogen-bond donors (Lipinski definition) is 1. The molecule has 1 aliphatic heterocycles. The van der Waals surface area contributed by atoms with E-state index < -0.39 is 6.04 Å². The van der Waals surface area contributed by atoms with Crippen LogP contribution in [0.4, 0.5) is 0 Å². The third-order valence-corrected chi connectivity index (χ3v) is 3.90. The van der Waals surface area contributed by atoms with Crippen LogP contribution in [0.1, 0.15) is 45.7 Å². The number of nitrogens with zero attached hydrogens (tertiary/aromatic N) is 1. The number of carbonyl (C=O) groups excluding carboxylic acids is 1. The highest BCUT2D eigenvalue weighted by atomic mass is 16.5. The first kappa shape index (κ1) is 15.9. The first-order valence-corrected chi connectivity index (χ1v) is 7.19. The molecule has 21 heavy (non-hydrogen) atoms. The summed E-state index contributed by atoms with van der Waals surface area (Å²) in [7, 11) is 1.40. The molecule has 0 spiro atoms. The fourth-order valence-corrected chi connectivity index (χ4v) is 2.99. The molecule has 0 unspecified atom stereocenters. The normalized spacial score (nSPS) is 24.5. The van der Waals surface area contributed by atoms with Gasteiger partial charge in [0.15, 0.2) is 0 Å². The first-order chi connectivity index (χ1) is 9.75. The molecule has 1 aromatic heterocycles. The van der Waals surface area contributed by atoms with Crippen molar-refractivity contribution in [2.75, 3.05) is 7.11 Å². The average molecular weight is 292 g/mol. The summed E-state index contributed by atoms with van der Waals surface area (Å²) in [5.74, 6) is -0.316. The molecule has 1 saturated heterocycles. The van der Waals surface area contributed by atoms with Crippen molar-refractivity contribution in [3.05, 3.63) is 30.1 Å². The summed E-state index contributed by atoms with van der Waals surface area (Å²) >= 11 is 0. The Labute approximate surface area is 126 Å². The minimum Gasteiger partial charge on any atom is -0.468 e. The number of nitrogens with one attached hydrogen (secondary N) is 1. The van der Waals surface area contributed by atoms with E-state index in [0.717, 1.165) is 12.0 Å². The number of carbonyl (C=O) groups is 1. The summed E-state index contributed by atoms with van der Waals surface area (Å²) in [6.45, 7) is 8.20. The number of rotatable bonds is 4. The summed E-state index contributed by atoms with van der Waals surface area (Å²) < 4.78 is 11.0. The van der Waals surface area contributed by atoms with E-state index in [-0.39, 0.29) is 23.2 Å². The van der Waals surface area contributed by atoms with Crippen LogP contribution in [0.15, 0.2) is 24.5 Å². The second-order valence-electron chi connectivity index (χ2n) is 6.63. The molecule has 2 rings (SSSR count). The van der Waals surface area contributed by atoms with Crippen molar-refractivity contribution >= 4 is 5.97 Å². The zero-order chi connectivity index (χ0) is 15.7. The van der Waals surface area contributed by atoms with E-state index in [9.17, 15) is 4.79 Å². The third kappa shape index (κ3) is 3.60. The maximum absolute atomic E-state index is 12.1. The van der Waals surface area contributed by atoms with E-state index in [1.54, 1.807) is 12.4 Å². The van der Waals surface area contributed by atoms with Gasteiger partial charge in [-0.3, -0.25) is 10.3 Å². The van der Waals surface area contributed by atoms with Gasteiger partial charge in [0.05, 0.1) is 18.3 Å². The van der Waals surface area contributed by atoms with Crippen molar-refractivity contribution < 1.29 is 14.3 Å². The number of methoxy groups -OCH3 is 1. The minimum absolute atomic E-state index is 0.0526. The summed E-state index contributed by atoms with van der Waals surface area (Å²) in [5.41, 5.74) is 0.235. The van der Waals surface area contributed by atoms with Crippen molar-refractivity contribution in [1.29, 1.82) is 0 Å². The number of aromatic nitrogens is 1. The lowest BCUT2D eigenvalue weighted by Gasteiger charge is -2.30. The van der Waals surface area contributed by atoms with Crippen molar-refractivity contribution in [2.45, 2.75) is 57.4 Å². The lowest BCUT2D eigenvalue weighted by molar-refractivity contribution is -0.144. The number of esters is 1. The molecule has 0 bridgehead atoms. The van der Waals surface area contributed by atoms with Gasteiger partial charge < -0.3 is 9.47 Å². The standard InChI is InChI=1S/C16H24N2O3/c1-15(2)9-12(16(3,4)21-15)18-13(14(19)20-5)11-7-6-8-17-10-11/h6-8,10,12-13,18H,9H2,1-5H3/t12-,13+/m0/s1. The van der Waals surface area contributed by atoms with Crippen molar-refractivity contribution in [2.24, 2.45) is 0 Å². The van der Waals surface area contributed by atoms with Gasteiger partial charge in [0.25, 0.3) is 0 Å². The van der Waals surface area contributed by atoms with Gasteiger partial charge in [0.1, 0.15) is 6.04 Å². The van der Waals surface area contributed by atoms with Crippen LogP contribution in [0, 0.1) is 0 Å². The van der Waals surface area contributed by atoms with E-state index >= 15 is 0 Å². The monoisotopic (exact) mass is 292 g/mol. The first-order valence-electron chi connectivity index (χ1n) is 7.19. The summed E-state index contributed by atoms with van der Waals surface area (Å²) in [4.78, 5) is 16.2. The van der Waals surface area contributed by atoms with Crippen molar-refractivity contribution in [1.82, 2.24) is 10.3 Å². The quantitative estimate of drug-likeness (QED) is 0.862. The molecule has 0 radical (unpaired) electrons. The molecular formula is C16H24N2O3. The molecule has 1 fully saturated rings. The molecule has 0 aliphatic carbocycles. The predicted octanol–water partition coefficient (Wildman–Crippen LogP) is 2.23. The third-order valence-electron chi connectivity index (χ3n) is 3.90. The van der Waals surface area contributed by atoms with Crippen molar-refractivity contribution in [3.63, 3.8) is 0 Å². The van der Waals surface area contributed by atoms with Crippen LogP contribution in [0.3, 0.4) is 0 Å². The Kier molecular flexibility index (Phi) is 4.35. The van der Waals surface area contributed by atoms with E-state index in [0.29, 0.717) is 0 Å². The maximum atomic E-state index is 12.1. The Bertz CT molecular complexity index is 500. The predicted molar refractivity (Wildman–Crippen MR) is 79.8 cm³/mol. The summed E-state index contributed by atoms with van der Waals surface area (Å²) in [6, 6.07) is 3.20. The van der Waals surface area contributed by atoms with Crippen LogP contribution in [-0.4, -0.2) is 35.3 Å². The molecule has 2 heterocycles. The van der Waals surface area contributed by atoms with Gasteiger partial charge in [0, 0.05) is 18.4 Å². The fourth-order valence-electron chi connectivity index (χ4n) is 2.99. The van der Waals surface area contributed by atoms with Gasteiger partial charge in [-0.05, 0) is 45.7 Å². The Morgan fingerprint density at radius 3 is 2.67 bits per heavy atom. The molecule has 0 amide bonds. The van der Waals surface area contributed by atoms with Gasteiger partial charge in [-0.25, -0.2) is 4.79 Å². The van der Waals surface area contributed by atoms with Gasteiger partial charge in [-0.2, -0.15) is 0 Å². The highest BCUT2D eigenvalue weighted by molar-refractivity contribution is 5.77. The topological polar surface area (TPSA) is 60.5 Å². The van der Waals surface area contributed by atoms with E-state index in [4.69, 9.17) is 9.47 Å². The summed E-state index contributed by atoms with van der Waals surface area (Å²) in [6.07, 6.45) is 4.19. The smallest absolute Gasteiger partial charge is 0.327 e. The number of hydrogen-bond acceptors (Lipinski definition) is 5. The highest BCUT2D eigenvalue weighted by Crippen LogP contribution is 2.38. The zero-order valence-electron chi connectivity index (χ0n) is 13.3. The van der Waals surface area contributed by atoms with E-state index in [1.165, 1.54) is 7.11 Å². The highest BCUT2D eigenvalue weighted by Gasteiger charge is 2.47. The molecule has 116 valence electrons. The van der Waals surface area contributed by atoms with Crippen LogP contribution in [-0.2, 0) is 14.3 Å². The Morgan fingerprint density at radius 2 is 2.19 bits per heavy atom. The molecule has 1 aliphatic rings. The molecule has 5 nitrogen and oxygen atoms in total. The lowest BCUT2D eigenvalue weighted by atomic mass is 9.93. The lowest BCUT2D eigenvalue weighted by Crippen LogP contribution is -2.47. The molecule has 5 heteroatoms. The van der Waals surface area contributed by atoms with Gasteiger partial charge in [0.2, 0.25) is 0 Å². The maximum Gasteiger partial charge on any atom is 0.327 e. The Balaban J connectivity index is 2.22. The molecule has 0 saturated carbocycles. The number of pyridine rings is 1. The molecule has 0 aromatic carbocycles. The SMILES string of the molecule is COC(=O)[C@H](N[C@H]1CC(C)(C)OC1(C)C)c1cccnc1. The summed E-state index contributed by atoms with van der Waals surface area (Å²) in [5, 5.41) is 3.39. The van der Waals surface area contributed by atoms with Crippen LogP contribution in [0.5, 0.6) is 0 Å². The van der Waals surface area contributed by atoms with Gasteiger partial charge >= 0.3 is 5.97 Å². The van der Waals surface area contributed by atoms with Gasteiger partial charge in [-0.15, -0.1) is 0 Å². The molecule has 1 N–H and O–H groups in total. The largest absolute Gasteiger partial charge is 0.468 e. The van der Waals surface area contributed by atoms with Crippen molar-refractivity contribution in [3.8, 4) is 0 Å². The zero-order valence-corrected chi connectivity index (χ0v) is 13.3. The second kappa shape index (κ2) is 5.73. The van der Waals surface area contributed by atoms with Crippen LogP contribution in [0.25, 0.3) is 0 Å². The van der Waals surface area contributed by atoms with E-state index in [1.807, 2.05) is 26.0 Å². The van der Waals surface area contributed by atoms with Crippen LogP contribution in [0.2, 0.25) is 0 Å². The van der Waals surface area contributed by atoms with Gasteiger partial charge in [-0.1, -0.05) is 6.07 Å². The minimum atomic E-state index is -0.537. The van der Waals surface area contributed by atoms with Crippen LogP contribution < -0.4 is 5.32 Å². The Morgan fingerprint density at radius 1 is 1.48 bits per heavy atom. The molecule has 2 atom stereocenters. The van der Waals surface area contributed by atoms with E-state index in [2.05, 4.69) is 24.1 Å². The van der Waals surface area contributed by atoms with Crippen LogP contribution >= 0.6 is 0 Å². The second-order valence-corrected chi connectivity index (χ2v) is 6.63. The molecule has 1 aromatic rings. The number of ether oxygens (including phenoxy) is 2.